The average molecular weight is 137 g/mol. The Morgan fingerprint density at radius 1 is 1.70 bits per heavy atom. The highest BCUT2D eigenvalue weighted by Gasteiger charge is 1.81. The lowest BCUT2D eigenvalue weighted by atomic mass is 10.5. The van der Waals surface area contributed by atoms with E-state index in [1.54, 1.807) is 6.20 Å². The molecule has 1 rings (SSSR count). The molecule has 0 atom stereocenters. The Bertz CT molecular complexity index is 215. The number of rotatable bonds is 3. The van der Waals surface area contributed by atoms with Gasteiger partial charge in [0.2, 0.25) is 6.41 Å². The molecule has 52 valence electrons. The van der Waals surface area contributed by atoms with Crippen LogP contribution in [-0.2, 0) is 4.79 Å². The van der Waals surface area contributed by atoms with Gasteiger partial charge in [0.1, 0.15) is 0 Å². The predicted octanol–water partition coefficient (Wildman–Crippen LogP) is 0.0946. The maximum atomic E-state index is 9.70. The monoisotopic (exact) mass is 137 g/mol. The van der Waals surface area contributed by atoms with Gasteiger partial charge in [0.15, 0.2) is 0 Å². The van der Waals surface area contributed by atoms with Crippen LogP contribution >= 0.6 is 0 Å². The maximum Gasteiger partial charge on any atom is 0.227 e. The lowest BCUT2D eigenvalue weighted by Crippen LogP contribution is -2.00. The fourth-order valence-electron chi connectivity index (χ4n) is 0.562. The summed E-state index contributed by atoms with van der Waals surface area (Å²) in [5.41, 5.74) is 3.01. The van der Waals surface area contributed by atoms with Crippen molar-refractivity contribution < 1.29 is 4.79 Å². The van der Waals surface area contributed by atoms with E-state index in [4.69, 9.17) is 0 Å². The molecule has 0 aliphatic heterocycles. The molecule has 0 unspecified atom stereocenters. The first-order valence-corrected chi connectivity index (χ1v) is 2.79. The Balaban J connectivity index is 2.47. The smallest absolute Gasteiger partial charge is 0.227 e. The Kier molecular flexibility index (Phi) is 2.25. The average Bonchev–Trinajstić information content (AvgIpc) is 2.41. The molecule has 1 aromatic rings. The molecule has 0 radical (unpaired) electrons. The second-order valence-electron chi connectivity index (χ2n) is 1.63. The highest BCUT2D eigenvalue weighted by Crippen LogP contribution is 1.87. The molecule has 0 spiro atoms. The lowest BCUT2D eigenvalue weighted by molar-refractivity contribution is -0.109. The predicted molar refractivity (Wildman–Crippen MR) is 37.6 cm³/mol. The number of nitrogens with zero attached hydrogens (tertiary/aromatic N) is 1. The fourth-order valence-corrected chi connectivity index (χ4v) is 0.562. The van der Waals surface area contributed by atoms with Crippen LogP contribution in [0.4, 0.5) is 0 Å². The van der Waals surface area contributed by atoms with Crippen molar-refractivity contribution in [3.05, 3.63) is 24.0 Å². The third kappa shape index (κ3) is 1.74. The summed E-state index contributed by atoms with van der Waals surface area (Å²) in [7, 11) is 0. The third-order valence-corrected chi connectivity index (χ3v) is 0.953. The van der Waals surface area contributed by atoms with E-state index in [0.717, 1.165) is 5.69 Å². The van der Waals surface area contributed by atoms with Crippen LogP contribution in [0.5, 0.6) is 0 Å². The molecule has 0 bridgehead atoms. The van der Waals surface area contributed by atoms with Gasteiger partial charge in [-0.2, -0.15) is 5.10 Å². The summed E-state index contributed by atoms with van der Waals surface area (Å²) in [6, 6.07) is 3.69. The molecule has 4 nitrogen and oxygen atoms in total. The van der Waals surface area contributed by atoms with Crippen LogP contribution in [0.3, 0.4) is 0 Å². The largest absolute Gasteiger partial charge is 0.360 e. The molecule has 1 heterocycles. The molecule has 0 saturated heterocycles. The van der Waals surface area contributed by atoms with Crippen molar-refractivity contribution in [2.45, 2.75) is 0 Å². The molecule has 1 amide bonds. The zero-order valence-corrected chi connectivity index (χ0v) is 5.24. The molecule has 0 aliphatic rings. The number of hydrogen-bond acceptors (Lipinski definition) is 2. The fraction of sp³-hybridized carbons (Fsp3) is 0. The molecular weight excluding hydrogens is 130 g/mol. The highest BCUT2D eigenvalue weighted by atomic mass is 16.1. The maximum absolute atomic E-state index is 9.70. The number of amides is 1. The molecule has 0 aromatic carbocycles. The van der Waals surface area contributed by atoms with E-state index in [2.05, 4.69) is 15.5 Å². The summed E-state index contributed by atoms with van der Waals surface area (Å²) in [5, 5.41) is 3.56. The highest BCUT2D eigenvalue weighted by molar-refractivity contribution is 5.77. The van der Waals surface area contributed by atoms with Crippen LogP contribution in [0.2, 0.25) is 0 Å². The van der Waals surface area contributed by atoms with Gasteiger partial charge in [-0.3, -0.25) is 4.79 Å². The first kappa shape index (κ1) is 6.54. The van der Waals surface area contributed by atoms with Crippen LogP contribution in [0, 0.1) is 0 Å². The first-order chi connectivity index (χ1) is 4.93. The van der Waals surface area contributed by atoms with Crippen molar-refractivity contribution >= 4 is 12.6 Å². The van der Waals surface area contributed by atoms with Crippen LogP contribution < -0.4 is 5.43 Å². The van der Waals surface area contributed by atoms with Crippen LogP contribution in [0.1, 0.15) is 5.69 Å². The van der Waals surface area contributed by atoms with E-state index in [9.17, 15) is 4.79 Å². The van der Waals surface area contributed by atoms with Gasteiger partial charge in [-0.1, -0.05) is 0 Å². The summed E-state index contributed by atoms with van der Waals surface area (Å²) in [5.74, 6) is 0. The van der Waals surface area contributed by atoms with Gasteiger partial charge in [-0.25, -0.2) is 5.43 Å². The molecule has 2 N–H and O–H groups in total. The Morgan fingerprint density at radius 2 is 2.60 bits per heavy atom. The summed E-state index contributed by atoms with van der Waals surface area (Å²) >= 11 is 0. The number of H-pyrrole nitrogens is 1. The van der Waals surface area contributed by atoms with Crippen molar-refractivity contribution in [3.8, 4) is 0 Å². The third-order valence-electron chi connectivity index (χ3n) is 0.953. The number of aromatic amines is 1. The van der Waals surface area contributed by atoms with E-state index in [0.29, 0.717) is 6.41 Å². The molecule has 0 fully saturated rings. The van der Waals surface area contributed by atoms with Gasteiger partial charge < -0.3 is 4.98 Å². The SMILES string of the molecule is O=CNN=Cc1ccc[nH]1. The Hall–Kier alpha value is -1.58. The van der Waals surface area contributed by atoms with Crippen molar-refractivity contribution in [2.75, 3.05) is 0 Å². The van der Waals surface area contributed by atoms with Crippen molar-refractivity contribution in [3.63, 3.8) is 0 Å². The zero-order valence-electron chi connectivity index (χ0n) is 5.24. The zero-order chi connectivity index (χ0) is 7.23. The standard InChI is InChI=1S/C6H7N3O/c10-5-9-8-4-6-2-1-3-7-6/h1-5,7H,(H,9,10). The number of aromatic nitrogens is 1. The van der Waals surface area contributed by atoms with Gasteiger partial charge in [0, 0.05) is 6.20 Å². The molecule has 0 aliphatic carbocycles. The van der Waals surface area contributed by atoms with Gasteiger partial charge in [0.25, 0.3) is 0 Å². The minimum absolute atomic E-state index is 0.513. The van der Waals surface area contributed by atoms with E-state index in [1.807, 2.05) is 12.1 Å². The van der Waals surface area contributed by atoms with Gasteiger partial charge >= 0.3 is 0 Å². The molecule has 4 heteroatoms. The number of hydrazone groups is 1. The molecule has 10 heavy (non-hydrogen) atoms. The van der Waals surface area contributed by atoms with Gasteiger partial charge in [-0.15, -0.1) is 0 Å². The minimum Gasteiger partial charge on any atom is -0.360 e. The second-order valence-corrected chi connectivity index (χ2v) is 1.63. The molecular formula is C6H7N3O. The normalized spacial score (nSPS) is 10.0. The quantitative estimate of drug-likeness (QED) is 0.346. The van der Waals surface area contributed by atoms with Crippen molar-refractivity contribution in [1.82, 2.24) is 10.4 Å². The Labute approximate surface area is 57.9 Å². The van der Waals surface area contributed by atoms with Crippen LogP contribution in [-0.4, -0.2) is 17.6 Å². The van der Waals surface area contributed by atoms with E-state index in [1.165, 1.54) is 6.21 Å². The number of nitrogens with one attached hydrogen (secondary N) is 2. The van der Waals surface area contributed by atoms with Gasteiger partial charge in [-0.05, 0) is 12.1 Å². The topological polar surface area (TPSA) is 57.2 Å². The summed E-state index contributed by atoms with van der Waals surface area (Å²) in [6.07, 6.45) is 3.82. The Morgan fingerprint density at radius 3 is 3.20 bits per heavy atom. The minimum atomic E-state index is 0.513. The summed E-state index contributed by atoms with van der Waals surface area (Å²) in [6.45, 7) is 0. The van der Waals surface area contributed by atoms with Crippen molar-refractivity contribution in [1.29, 1.82) is 0 Å². The lowest BCUT2D eigenvalue weighted by Gasteiger charge is -1.82. The van der Waals surface area contributed by atoms with E-state index >= 15 is 0 Å². The summed E-state index contributed by atoms with van der Waals surface area (Å²) < 4.78 is 0. The van der Waals surface area contributed by atoms with Crippen molar-refractivity contribution in [2.24, 2.45) is 5.10 Å². The number of carbonyl (C=O) groups excluding carboxylic acids is 1. The molecule has 1 aromatic heterocycles. The van der Waals surface area contributed by atoms with E-state index < -0.39 is 0 Å². The van der Waals surface area contributed by atoms with E-state index in [-0.39, 0.29) is 0 Å². The van der Waals surface area contributed by atoms with Crippen LogP contribution in [0.25, 0.3) is 0 Å². The first-order valence-electron chi connectivity index (χ1n) is 2.79. The molecule has 0 saturated carbocycles. The van der Waals surface area contributed by atoms with Gasteiger partial charge in [0.05, 0.1) is 11.9 Å². The van der Waals surface area contributed by atoms with Crippen LogP contribution in [0.15, 0.2) is 23.4 Å². The summed E-state index contributed by atoms with van der Waals surface area (Å²) in [4.78, 5) is 12.6. The second kappa shape index (κ2) is 3.45. The number of hydrogen-bond donors (Lipinski definition) is 2. The number of carbonyl (C=O) groups is 1.